The lowest BCUT2D eigenvalue weighted by atomic mass is 9.95. The Labute approximate surface area is 131 Å². The molecule has 0 radical (unpaired) electrons. The summed E-state index contributed by atoms with van der Waals surface area (Å²) in [6, 6.07) is 13.1. The minimum atomic E-state index is -0.249. The van der Waals surface area contributed by atoms with E-state index in [-0.39, 0.29) is 11.9 Å². The number of benzene rings is 2. The van der Waals surface area contributed by atoms with E-state index in [2.05, 4.69) is 26.2 Å². The van der Waals surface area contributed by atoms with Gasteiger partial charge < -0.3 is 5.32 Å². The number of hydrogen-bond acceptors (Lipinski definition) is 2. The summed E-state index contributed by atoms with van der Waals surface area (Å²) < 4.78 is 14.9. The molecule has 3 aromatic rings. The van der Waals surface area contributed by atoms with Gasteiger partial charge >= 0.3 is 0 Å². The molecule has 1 atom stereocenters. The van der Waals surface area contributed by atoms with Crippen molar-refractivity contribution in [2.75, 3.05) is 7.05 Å². The third-order valence-corrected chi connectivity index (χ3v) is 4.20. The van der Waals surface area contributed by atoms with Gasteiger partial charge in [0.2, 0.25) is 0 Å². The highest BCUT2D eigenvalue weighted by Gasteiger charge is 2.19. The Balaban J connectivity index is 2.21. The van der Waals surface area contributed by atoms with Gasteiger partial charge in [0.1, 0.15) is 5.82 Å². The van der Waals surface area contributed by atoms with Crippen molar-refractivity contribution >= 4 is 26.7 Å². The molecule has 2 nitrogen and oxygen atoms in total. The van der Waals surface area contributed by atoms with Crippen molar-refractivity contribution < 1.29 is 4.39 Å². The fourth-order valence-electron chi connectivity index (χ4n) is 2.59. The van der Waals surface area contributed by atoms with Crippen LogP contribution in [0.1, 0.15) is 17.2 Å². The Bertz CT molecular complexity index is 783. The predicted octanol–water partition coefficient (Wildman–Crippen LogP) is 4.45. The van der Waals surface area contributed by atoms with Gasteiger partial charge in [0.05, 0.1) is 10.5 Å². The molecule has 0 aliphatic carbocycles. The summed E-state index contributed by atoms with van der Waals surface area (Å²) in [4.78, 5) is 4.29. The molecule has 21 heavy (non-hydrogen) atoms. The number of rotatable bonds is 3. The van der Waals surface area contributed by atoms with E-state index in [1.807, 2.05) is 43.6 Å². The van der Waals surface area contributed by atoms with Gasteiger partial charge in [-0.15, -0.1) is 0 Å². The van der Waals surface area contributed by atoms with Crippen molar-refractivity contribution in [3.05, 3.63) is 76.3 Å². The Hall–Kier alpha value is -1.78. The van der Waals surface area contributed by atoms with E-state index >= 15 is 0 Å². The van der Waals surface area contributed by atoms with Gasteiger partial charge in [-0.25, -0.2) is 4.39 Å². The average Bonchev–Trinajstić information content (AvgIpc) is 2.52. The molecule has 1 heterocycles. The Kier molecular flexibility index (Phi) is 3.99. The Morgan fingerprint density at radius 1 is 1.05 bits per heavy atom. The van der Waals surface area contributed by atoms with E-state index < -0.39 is 0 Å². The van der Waals surface area contributed by atoms with E-state index in [4.69, 9.17) is 0 Å². The number of halogens is 2. The van der Waals surface area contributed by atoms with E-state index in [0.29, 0.717) is 10.0 Å². The molecular weight excluding hydrogens is 331 g/mol. The molecule has 4 heteroatoms. The van der Waals surface area contributed by atoms with Crippen LogP contribution in [0.3, 0.4) is 0 Å². The highest BCUT2D eigenvalue weighted by Crippen LogP contribution is 2.31. The fourth-order valence-corrected chi connectivity index (χ4v) is 2.97. The van der Waals surface area contributed by atoms with Gasteiger partial charge in [-0.05, 0) is 40.0 Å². The van der Waals surface area contributed by atoms with Crippen molar-refractivity contribution in [2.45, 2.75) is 6.04 Å². The van der Waals surface area contributed by atoms with Gasteiger partial charge in [0.25, 0.3) is 0 Å². The Morgan fingerprint density at radius 3 is 2.67 bits per heavy atom. The van der Waals surface area contributed by atoms with Gasteiger partial charge in [-0.1, -0.05) is 36.4 Å². The number of hydrogen-bond donors (Lipinski definition) is 1. The smallest absolute Gasteiger partial charge is 0.142 e. The molecule has 2 aromatic carbocycles. The quantitative estimate of drug-likeness (QED) is 0.759. The van der Waals surface area contributed by atoms with E-state index in [1.165, 1.54) is 0 Å². The molecular formula is C17H14BrFN2. The molecule has 0 spiro atoms. The molecule has 0 saturated heterocycles. The summed E-state index contributed by atoms with van der Waals surface area (Å²) in [7, 11) is 1.83. The number of aromatic nitrogens is 1. The Morgan fingerprint density at radius 2 is 1.86 bits per heavy atom. The maximum absolute atomic E-state index is 14.4. The summed E-state index contributed by atoms with van der Waals surface area (Å²) >= 11 is 3.25. The first kappa shape index (κ1) is 14.2. The number of fused-ring (bicyclic) bond motifs is 1. The van der Waals surface area contributed by atoms with E-state index in [9.17, 15) is 4.39 Å². The highest BCUT2D eigenvalue weighted by atomic mass is 79.9. The largest absolute Gasteiger partial charge is 0.309 e. The zero-order chi connectivity index (χ0) is 14.8. The zero-order valence-corrected chi connectivity index (χ0v) is 13.1. The third-order valence-electron chi connectivity index (χ3n) is 3.59. The summed E-state index contributed by atoms with van der Waals surface area (Å²) in [6.45, 7) is 0. The summed E-state index contributed by atoms with van der Waals surface area (Å²) in [5.41, 5.74) is 1.57. The standard InChI is InChI=1S/C17H14BrFN2/c1-20-17(13-7-4-8-15(18)16(13)19)14-10-21-9-11-5-2-3-6-12(11)14/h2-10,17,20H,1H3. The van der Waals surface area contributed by atoms with E-state index in [1.54, 1.807) is 18.3 Å². The minimum Gasteiger partial charge on any atom is -0.309 e. The van der Waals surface area contributed by atoms with Crippen LogP contribution in [0, 0.1) is 5.82 Å². The zero-order valence-electron chi connectivity index (χ0n) is 11.5. The van der Waals surface area contributed by atoms with Gasteiger partial charge in [0, 0.05) is 23.3 Å². The first-order valence-corrected chi connectivity index (χ1v) is 7.45. The lowest BCUT2D eigenvalue weighted by Gasteiger charge is -2.20. The third kappa shape index (κ3) is 2.57. The lowest BCUT2D eigenvalue weighted by molar-refractivity contribution is 0.572. The molecule has 1 N–H and O–H groups in total. The van der Waals surface area contributed by atoms with Crippen LogP contribution in [0.4, 0.5) is 4.39 Å². The van der Waals surface area contributed by atoms with Crippen LogP contribution in [0.25, 0.3) is 10.8 Å². The van der Waals surface area contributed by atoms with E-state index in [0.717, 1.165) is 16.3 Å². The second kappa shape index (κ2) is 5.92. The molecule has 0 fully saturated rings. The van der Waals surface area contributed by atoms with Crippen LogP contribution in [0.15, 0.2) is 59.3 Å². The molecule has 1 aromatic heterocycles. The molecule has 3 rings (SSSR count). The monoisotopic (exact) mass is 344 g/mol. The lowest BCUT2D eigenvalue weighted by Crippen LogP contribution is -2.19. The maximum atomic E-state index is 14.4. The fraction of sp³-hybridized carbons (Fsp3) is 0.118. The van der Waals surface area contributed by atoms with Gasteiger partial charge in [-0.3, -0.25) is 4.98 Å². The SMILES string of the molecule is CNC(c1cccc(Br)c1F)c1cncc2ccccc12. The van der Waals surface area contributed by atoms with Crippen LogP contribution in [0.5, 0.6) is 0 Å². The molecule has 0 aliphatic rings. The van der Waals surface area contributed by atoms with Crippen molar-refractivity contribution in [3.63, 3.8) is 0 Å². The molecule has 0 saturated carbocycles. The van der Waals surface area contributed by atoms with Gasteiger partial charge in [-0.2, -0.15) is 0 Å². The van der Waals surface area contributed by atoms with Gasteiger partial charge in [0.15, 0.2) is 0 Å². The van der Waals surface area contributed by atoms with Crippen molar-refractivity contribution in [1.82, 2.24) is 10.3 Å². The number of nitrogens with zero attached hydrogens (tertiary/aromatic N) is 1. The second-order valence-electron chi connectivity index (χ2n) is 4.81. The maximum Gasteiger partial charge on any atom is 0.142 e. The van der Waals surface area contributed by atoms with Crippen molar-refractivity contribution in [2.24, 2.45) is 0 Å². The summed E-state index contributed by atoms with van der Waals surface area (Å²) in [5, 5.41) is 5.32. The van der Waals surface area contributed by atoms with Crippen LogP contribution < -0.4 is 5.32 Å². The molecule has 0 amide bonds. The first-order valence-electron chi connectivity index (χ1n) is 6.66. The average molecular weight is 345 g/mol. The number of nitrogens with one attached hydrogen (secondary N) is 1. The van der Waals surface area contributed by atoms with Crippen LogP contribution in [0.2, 0.25) is 0 Å². The van der Waals surface area contributed by atoms with Crippen molar-refractivity contribution in [3.8, 4) is 0 Å². The minimum absolute atomic E-state index is 0.246. The highest BCUT2D eigenvalue weighted by molar-refractivity contribution is 9.10. The topological polar surface area (TPSA) is 24.9 Å². The van der Waals surface area contributed by atoms with Crippen LogP contribution in [-0.4, -0.2) is 12.0 Å². The second-order valence-corrected chi connectivity index (χ2v) is 5.67. The van der Waals surface area contributed by atoms with Crippen LogP contribution in [-0.2, 0) is 0 Å². The normalized spacial score (nSPS) is 12.5. The summed E-state index contributed by atoms with van der Waals surface area (Å²) in [5.74, 6) is -0.246. The summed E-state index contributed by atoms with van der Waals surface area (Å²) in [6.07, 6.45) is 3.62. The molecule has 0 bridgehead atoms. The molecule has 0 aliphatic heterocycles. The number of pyridine rings is 1. The first-order chi connectivity index (χ1) is 10.2. The molecule has 106 valence electrons. The molecule has 1 unspecified atom stereocenters. The van der Waals surface area contributed by atoms with Crippen LogP contribution >= 0.6 is 15.9 Å². The predicted molar refractivity (Wildman–Crippen MR) is 86.7 cm³/mol. The van der Waals surface area contributed by atoms with Crippen molar-refractivity contribution in [1.29, 1.82) is 0 Å².